The van der Waals surface area contributed by atoms with E-state index in [1.165, 1.54) is 0 Å². The van der Waals surface area contributed by atoms with Crippen LogP contribution in [0.5, 0.6) is 0 Å². The predicted molar refractivity (Wildman–Crippen MR) is 84.1 cm³/mol. The average molecular weight is 349 g/mol. The molecule has 0 spiro atoms. The van der Waals surface area contributed by atoms with E-state index in [1.54, 1.807) is 12.1 Å². The van der Waals surface area contributed by atoms with Gasteiger partial charge in [-0.1, -0.05) is 12.2 Å². The van der Waals surface area contributed by atoms with Crippen molar-refractivity contribution in [2.24, 2.45) is 5.73 Å². The van der Waals surface area contributed by atoms with Crippen molar-refractivity contribution >= 4 is 50.6 Å². The Kier molecular flexibility index (Phi) is 4.50. The molecule has 98 valence electrons. The quantitative estimate of drug-likeness (QED) is 0.849. The van der Waals surface area contributed by atoms with Crippen LogP contribution in [0.1, 0.15) is 12.0 Å². The fourth-order valence-electron chi connectivity index (χ4n) is 2.03. The highest BCUT2D eigenvalue weighted by molar-refractivity contribution is 9.10. The monoisotopic (exact) mass is 348 g/mol. The Balaban J connectivity index is 2.34. The van der Waals surface area contributed by atoms with Gasteiger partial charge in [-0.2, -0.15) is 11.8 Å². The second kappa shape index (κ2) is 5.75. The van der Waals surface area contributed by atoms with Gasteiger partial charge in [-0.25, -0.2) is 4.39 Å². The van der Waals surface area contributed by atoms with Crippen molar-refractivity contribution in [2.75, 3.05) is 23.5 Å². The Morgan fingerprint density at radius 3 is 2.89 bits per heavy atom. The van der Waals surface area contributed by atoms with E-state index >= 15 is 0 Å². The molecule has 0 amide bonds. The minimum absolute atomic E-state index is 0.200. The number of hydrogen-bond acceptors (Lipinski definition) is 3. The summed E-state index contributed by atoms with van der Waals surface area (Å²) < 4.78 is 14.7. The molecule has 0 aromatic heterocycles. The van der Waals surface area contributed by atoms with Gasteiger partial charge in [0.2, 0.25) is 0 Å². The summed E-state index contributed by atoms with van der Waals surface area (Å²) in [6.45, 7) is 0. The molecule has 0 bridgehead atoms. The highest BCUT2D eigenvalue weighted by Gasteiger charge is 2.24. The van der Waals surface area contributed by atoms with E-state index in [2.05, 4.69) is 15.9 Å². The number of halogens is 2. The van der Waals surface area contributed by atoms with E-state index in [-0.39, 0.29) is 10.8 Å². The molecular weight excluding hydrogens is 335 g/mol. The van der Waals surface area contributed by atoms with Crippen LogP contribution in [-0.2, 0) is 0 Å². The van der Waals surface area contributed by atoms with Crippen LogP contribution in [0.2, 0.25) is 0 Å². The van der Waals surface area contributed by atoms with E-state index in [1.807, 2.05) is 23.7 Å². The van der Waals surface area contributed by atoms with E-state index in [0.29, 0.717) is 21.8 Å². The van der Waals surface area contributed by atoms with Gasteiger partial charge in [0.25, 0.3) is 0 Å². The molecule has 1 saturated heterocycles. The zero-order chi connectivity index (χ0) is 13.3. The number of nitrogens with two attached hydrogens (primary N) is 1. The summed E-state index contributed by atoms with van der Waals surface area (Å²) >= 11 is 10.0. The highest BCUT2D eigenvalue weighted by atomic mass is 79.9. The smallest absolute Gasteiger partial charge is 0.161 e. The van der Waals surface area contributed by atoms with E-state index in [4.69, 9.17) is 18.0 Å². The van der Waals surface area contributed by atoms with Crippen LogP contribution in [0.25, 0.3) is 0 Å². The summed E-state index contributed by atoms with van der Waals surface area (Å²) in [5.41, 5.74) is 6.68. The first kappa shape index (κ1) is 14.1. The fraction of sp³-hybridized carbons (Fsp3) is 0.417. The van der Waals surface area contributed by atoms with Crippen LogP contribution >= 0.6 is 39.9 Å². The number of thiocarbonyl (C=S) groups is 1. The van der Waals surface area contributed by atoms with Gasteiger partial charge in [0, 0.05) is 24.4 Å². The molecule has 0 radical (unpaired) electrons. The lowest BCUT2D eigenvalue weighted by molar-refractivity contribution is 0.601. The summed E-state index contributed by atoms with van der Waals surface area (Å²) in [6.07, 6.45) is 1.09. The molecule has 1 fully saturated rings. The van der Waals surface area contributed by atoms with Gasteiger partial charge in [-0.05, 0) is 40.2 Å². The van der Waals surface area contributed by atoms with E-state index in [0.717, 1.165) is 17.9 Å². The Labute approximate surface area is 124 Å². The van der Waals surface area contributed by atoms with Crippen LogP contribution in [0.3, 0.4) is 0 Å². The van der Waals surface area contributed by atoms with Crippen LogP contribution in [0.4, 0.5) is 10.1 Å². The van der Waals surface area contributed by atoms with Crippen molar-refractivity contribution in [1.29, 1.82) is 0 Å². The van der Waals surface area contributed by atoms with E-state index < -0.39 is 0 Å². The normalized spacial score (nSPS) is 18.9. The van der Waals surface area contributed by atoms with Crippen LogP contribution in [0.15, 0.2) is 16.6 Å². The largest absolute Gasteiger partial charge is 0.389 e. The molecule has 2 N–H and O–H groups in total. The third-order valence-electron chi connectivity index (χ3n) is 3.16. The van der Waals surface area contributed by atoms with Crippen molar-refractivity contribution < 1.29 is 4.39 Å². The van der Waals surface area contributed by atoms with Crippen molar-refractivity contribution in [3.05, 3.63) is 28.0 Å². The maximum absolute atomic E-state index is 14.3. The second-order valence-corrected chi connectivity index (χ2v) is 6.64. The molecule has 1 heterocycles. The molecule has 1 aliphatic rings. The maximum Gasteiger partial charge on any atom is 0.161 e. The predicted octanol–water partition coefficient (Wildman–Crippen LogP) is 3.16. The van der Waals surface area contributed by atoms with Gasteiger partial charge < -0.3 is 10.6 Å². The van der Waals surface area contributed by atoms with Gasteiger partial charge in [0.05, 0.1) is 10.2 Å². The van der Waals surface area contributed by atoms with Crippen molar-refractivity contribution in [3.63, 3.8) is 0 Å². The summed E-state index contributed by atoms with van der Waals surface area (Å²) in [4.78, 5) is 2.20. The maximum atomic E-state index is 14.3. The third-order valence-corrected chi connectivity index (χ3v) is 5.30. The third kappa shape index (κ3) is 2.65. The molecule has 2 rings (SSSR count). The lowest BCUT2D eigenvalue weighted by atomic mass is 10.1. The van der Waals surface area contributed by atoms with Crippen LogP contribution < -0.4 is 10.6 Å². The van der Waals surface area contributed by atoms with Gasteiger partial charge >= 0.3 is 0 Å². The number of benzene rings is 1. The molecule has 2 nitrogen and oxygen atoms in total. The first-order valence-electron chi connectivity index (χ1n) is 5.60. The number of thioether (sulfide) groups is 1. The van der Waals surface area contributed by atoms with Crippen LogP contribution in [-0.4, -0.2) is 29.6 Å². The summed E-state index contributed by atoms with van der Waals surface area (Å²) in [5.74, 6) is 1.90. The lowest BCUT2D eigenvalue weighted by Crippen LogP contribution is -2.32. The summed E-state index contributed by atoms with van der Waals surface area (Å²) in [5, 5.41) is 0. The van der Waals surface area contributed by atoms with Crippen molar-refractivity contribution in [1.82, 2.24) is 0 Å². The Morgan fingerprint density at radius 2 is 2.33 bits per heavy atom. The standard InChI is InChI=1S/C12H14BrFN2S2/c1-16(7-4-5-18-6-7)9-3-2-8(12(15)17)10(13)11(9)14/h2-3,7H,4-6H2,1H3,(H2,15,17). The molecule has 0 aliphatic carbocycles. The highest BCUT2D eigenvalue weighted by Crippen LogP contribution is 2.32. The first-order chi connectivity index (χ1) is 8.52. The minimum Gasteiger partial charge on any atom is -0.389 e. The molecule has 1 aromatic carbocycles. The van der Waals surface area contributed by atoms with E-state index in [9.17, 15) is 4.39 Å². The van der Waals surface area contributed by atoms with Gasteiger partial charge in [-0.3, -0.25) is 0 Å². The zero-order valence-corrected chi connectivity index (χ0v) is 13.2. The SMILES string of the molecule is CN(c1ccc(C(N)=S)c(Br)c1F)C1CCSC1. The Morgan fingerprint density at radius 1 is 1.61 bits per heavy atom. The van der Waals surface area contributed by atoms with Gasteiger partial charge in [-0.15, -0.1) is 0 Å². The zero-order valence-electron chi connectivity index (χ0n) is 9.95. The Hall–Kier alpha value is -0.330. The summed E-state index contributed by atoms with van der Waals surface area (Å²) in [7, 11) is 1.93. The molecule has 18 heavy (non-hydrogen) atoms. The first-order valence-corrected chi connectivity index (χ1v) is 7.96. The molecule has 1 aliphatic heterocycles. The average Bonchev–Trinajstić information content (AvgIpc) is 2.85. The molecular formula is C12H14BrFN2S2. The van der Waals surface area contributed by atoms with Crippen molar-refractivity contribution in [2.45, 2.75) is 12.5 Å². The second-order valence-electron chi connectivity index (χ2n) is 4.25. The van der Waals surface area contributed by atoms with Crippen LogP contribution in [0, 0.1) is 5.82 Å². The molecule has 1 atom stereocenters. The number of rotatable bonds is 3. The van der Waals surface area contributed by atoms with Gasteiger partial charge in [0.1, 0.15) is 4.99 Å². The Bertz CT molecular complexity index is 475. The number of nitrogens with zero attached hydrogens (tertiary/aromatic N) is 1. The minimum atomic E-state index is -0.292. The fourth-order valence-corrected chi connectivity index (χ4v) is 4.14. The molecule has 6 heteroatoms. The molecule has 1 unspecified atom stereocenters. The van der Waals surface area contributed by atoms with Gasteiger partial charge in [0.15, 0.2) is 5.82 Å². The molecule has 0 saturated carbocycles. The summed E-state index contributed by atoms with van der Waals surface area (Å²) in [6, 6.07) is 3.91. The number of anilines is 1. The van der Waals surface area contributed by atoms with Crippen molar-refractivity contribution in [3.8, 4) is 0 Å². The molecule has 1 aromatic rings. The lowest BCUT2D eigenvalue weighted by Gasteiger charge is -2.27. The topological polar surface area (TPSA) is 29.3 Å². The number of hydrogen-bond donors (Lipinski definition) is 1.